The van der Waals surface area contributed by atoms with Gasteiger partial charge in [-0.3, -0.25) is 4.79 Å². The van der Waals surface area contributed by atoms with E-state index >= 15 is 0 Å². The number of aromatic nitrogens is 4. The number of esters is 1. The molecule has 7 nitrogen and oxygen atoms in total. The maximum atomic E-state index is 13.2. The van der Waals surface area contributed by atoms with Crippen molar-refractivity contribution in [3.8, 4) is 0 Å². The zero-order chi connectivity index (χ0) is 18.1. The van der Waals surface area contributed by atoms with Crippen LogP contribution in [0.25, 0.3) is 5.78 Å². The normalized spacial score (nSPS) is 12.2. The first kappa shape index (κ1) is 16.6. The summed E-state index contributed by atoms with van der Waals surface area (Å²) in [6.07, 6.45) is 0.294. The fourth-order valence-electron chi connectivity index (χ4n) is 2.14. The Labute approximate surface area is 140 Å². The topological polar surface area (TPSA) is 86.5 Å². The second-order valence-electron chi connectivity index (χ2n) is 5.27. The molecule has 0 aliphatic carbocycles. The van der Waals surface area contributed by atoms with E-state index in [-0.39, 0.29) is 17.2 Å². The van der Waals surface area contributed by atoms with E-state index in [2.05, 4.69) is 15.1 Å². The molecule has 1 aromatic carbocycles. The SMILES string of the molecule is Cc1ccnc2nc(C(=O)O[C@H](C)C(=O)c3ccc(F)c(F)c3)nn12. The van der Waals surface area contributed by atoms with Crippen LogP contribution in [0.2, 0.25) is 0 Å². The Morgan fingerprint density at radius 3 is 2.64 bits per heavy atom. The van der Waals surface area contributed by atoms with Crippen LogP contribution in [0, 0.1) is 18.6 Å². The van der Waals surface area contributed by atoms with E-state index in [1.54, 1.807) is 13.0 Å². The van der Waals surface area contributed by atoms with Crippen molar-refractivity contribution >= 4 is 17.5 Å². The number of ketones is 1. The van der Waals surface area contributed by atoms with Crippen LogP contribution in [0.1, 0.15) is 33.6 Å². The van der Waals surface area contributed by atoms with Crippen LogP contribution < -0.4 is 0 Å². The number of rotatable bonds is 4. The third-order valence-corrected chi connectivity index (χ3v) is 3.47. The van der Waals surface area contributed by atoms with E-state index < -0.39 is 29.5 Å². The molecule has 0 saturated heterocycles. The number of hydrogen-bond donors (Lipinski definition) is 0. The van der Waals surface area contributed by atoms with E-state index in [9.17, 15) is 18.4 Å². The molecule has 2 heterocycles. The van der Waals surface area contributed by atoms with E-state index in [0.717, 1.165) is 18.2 Å². The second-order valence-corrected chi connectivity index (χ2v) is 5.27. The third kappa shape index (κ3) is 3.21. The van der Waals surface area contributed by atoms with Crippen LogP contribution in [0.3, 0.4) is 0 Å². The highest BCUT2D eigenvalue weighted by molar-refractivity contribution is 6.01. The van der Waals surface area contributed by atoms with Gasteiger partial charge in [-0.05, 0) is 38.1 Å². The minimum absolute atomic E-state index is 0.111. The molecular formula is C16H12F2N4O3. The van der Waals surface area contributed by atoms with Gasteiger partial charge in [-0.25, -0.2) is 23.1 Å². The van der Waals surface area contributed by atoms with E-state index in [4.69, 9.17) is 4.74 Å². The zero-order valence-electron chi connectivity index (χ0n) is 13.2. The van der Waals surface area contributed by atoms with Gasteiger partial charge in [0.15, 0.2) is 17.7 Å². The summed E-state index contributed by atoms with van der Waals surface area (Å²) < 4.78 is 32.5. The average molecular weight is 346 g/mol. The molecule has 0 N–H and O–H groups in total. The Hall–Kier alpha value is -3.23. The molecule has 0 saturated carbocycles. The van der Waals surface area contributed by atoms with Gasteiger partial charge in [-0.2, -0.15) is 4.98 Å². The Kier molecular flexibility index (Phi) is 4.22. The Morgan fingerprint density at radius 2 is 1.96 bits per heavy atom. The molecule has 1 atom stereocenters. The van der Waals surface area contributed by atoms with Gasteiger partial charge in [0.1, 0.15) is 0 Å². The minimum atomic E-state index is -1.22. The molecule has 2 aromatic heterocycles. The standard InChI is InChI=1S/C16H12F2N4O3/c1-8-5-6-19-16-20-14(21-22(8)16)15(24)25-9(2)13(23)10-3-4-11(17)12(18)7-10/h3-7,9H,1-2H3/t9-/m1/s1. The molecule has 25 heavy (non-hydrogen) atoms. The number of carbonyl (C=O) groups excluding carboxylic acids is 2. The van der Waals surface area contributed by atoms with Crippen LogP contribution in [0.4, 0.5) is 8.78 Å². The number of halogens is 2. The van der Waals surface area contributed by atoms with Crippen molar-refractivity contribution < 1.29 is 23.1 Å². The molecule has 3 aromatic rings. The van der Waals surface area contributed by atoms with Gasteiger partial charge in [-0.15, -0.1) is 5.10 Å². The predicted molar refractivity (Wildman–Crippen MR) is 81.1 cm³/mol. The molecule has 0 aliphatic heterocycles. The lowest BCUT2D eigenvalue weighted by Crippen LogP contribution is -2.25. The Bertz CT molecular complexity index is 987. The third-order valence-electron chi connectivity index (χ3n) is 3.47. The van der Waals surface area contributed by atoms with Crippen molar-refractivity contribution in [2.24, 2.45) is 0 Å². The molecule has 0 unspecified atom stereocenters. The van der Waals surface area contributed by atoms with Gasteiger partial charge >= 0.3 is 5.97 Å². The summed E-state index contributed by atoms with van der Waals surface area (Å²) in [6.45, 7) is 3.08. The monoisotopic (exact) mass is 346 g/mol. The number of hydrogen-bond acceptors (Lipinski definition) is 6. The Morgan fingerprint density at radius 1 is 1.20 bits per heavy atom. The van der Waals surface area contributed by atoms with Crippen LogP contribution >= 0.6 is 0 Å². The molecular weight excluding hydrogens is 334 g/mol. The summed E-state index contributed by atoms with van der Waals surface area (Å²) in [6, 6.07) is 4.38. The number of Topliss-reactive ketones (excluding diaryl/α,β-unsaturated/α-hetero) is 1. The van der Waals surface area contributed by atoms with Crippen LogP contribution in [0.5, 0.6) is 0 Å². The van der Waals surface area contributed by atoms with Crippen molar-refractivity contribution in [2.45, 2.75) is 20.0 Å². The summed E-state index contributed by atoms with van der Waals surface area (Å²) in [5, 5.41) is 3.97. The molecule has 9 heteroatoms. The lowest BCUT2D eigenvalue weighted by Gasteiger charge is -2.11. The van der Waals surface area contributed by atoms with Crippen molar-refractivity contribution in [2.75, 3.05) is 0 Å². The largest absolute Gasteiger partial charge is 0.448 e. The fraction of sp³-hybridized carbons (Fsp3) is 0.188. The number of carbonyl (C=O) groups is 2. The van der Waals surface area contributed by atoms with Crippen molar-refractivity contribution in [1.82, 2.24) is 19.6 Å². The van der Waals surface area contributed by atoms with Gasteiger partial charge in [0.05, 0.1) is 0 Å². The van der Waals surface area contributed by atoms with E-state index in [1.165, 1.54) is 17.6 Å². The maximum absolute atomic E-state index is 13.2. The number of ether oxygens (including phenoxy) is 1. The molecule has 0 fully saturated rings. The van der Waals surface area contributed by atoms with Crippen molar-refractivity contribution in [3.05, 3.63) is 59.2 Å². The molecule has 128 valence electrons. The molecule has 0 aliphatic rings. The lowest BCUT2D eigenvalue weighted by molar-refractivity contribution is 0.0307. The first-order chi connectivity index (χ1) is 11.9. The van der Waals surface area contributed by atoms with Crippen molar-refractivity contribution in [3.63, 3.8) is 0 Å². The second kappa shape index (κ2) is 6.34. The van der Waals surface area contributed by atoms with E-state index in [0.29, 0.717) is 5.69 Å². The predicted octanol–water partition coefficient (Wildman–Crippen LogP) is 2.14. The van der Waals surface area contributed by atoms with Crippen LogP contribution in [-0.2, 0) is 4.74 Å². The van der Waals surface area contributed by atoms with Crippen LogP contribution in [0.15, 0.2) is 30.5 Å². The summed E-state index contributed by atoms with van der Waals surface area (Å²) >= 11 is 0. The number of benzene rings is 1. The maximum Gasteiger partial charge on any atom is 0.379 e. The highest BCUT2D eigenvalue weighted by Gasteiger charge is 2.24. The fourth-order valence-corrected chi connectivity index (χ4v) is 2.14. The minimum Gasteiger partial charge on any atom is -0.448 e. The number of aryl methyl sites for hydroxylation is 1. The molecule has 0 spiro atoms. The van der Waals surface area contributed by atoms with Gasteiger partial charge in [0, 0.05) is 17.5 Å². The highest BCUT2D eigenvalue weighted by Crippen LogP contribution is 2.13. The first-order valence-electron chi connectivity index (χ1n) is 7.25. The average Bonchev–Trinajstić information content (AvgIpc) is 3.02. The molecule has 0 amide bonds. The van der Waals surface area contributed by atoms with Gasteiger partial charge in [0.2, 0.25) is 5.78 Å². The summed E-state index contributed by atoms with van der Waals surface area (Å²) in [5.41, 5.74) is 0.599. The molecule has 0 bridgehead atoms. The molecule has 3 rings (SSSR count). The number of nitrogens with zero attached hydrogens (tertiary/aromatic N) is 4. The summed E-state index contributed by atoms with van der Waals surface area (Å²) in [7, 11) is 0. The zero-order valence-corrected chi connectivity index (χ0v) is 13.2. The van der Waals surface area contributed by atoms with Gasteiger partial charge in [0.25, 0.3) is 11.6 Å². The first-order valence-corrected chi connectivity index (χ1v) is 7.25. The van der Waals surface area contributed by atoms with Gasteiger partial charge in [-0.1, -0.05) is 0 Å². The highest BCUT2D eigenvalue weighted by atomic mass is 19.2. The smallest absolute Gasteiger partial charge is 0.379 e. The van der Waals surface area contributed by atoms with Gasteiger partial charge < -0.3 is 4.74 Å². The molecule has 0 radical (unpaired) electrons. The quantitative estimate of drug-likeness (QED) is 0.531. The Balaban J connectivity index is 1.77. The number of fused-ring (bicyclic) bond motifs is 1. The van der Waals surface area contributed by atoms with Crippen LogP contribution in [-0.4, -0.2) is 37.4 Å². The van der Waals surface area contributed by atoms with E-state index in [1.807, 2.05) is 0 Å². The van der Waals surface area contributed by atoms with Crippen molar-refractivity contribution in [1.29, 1.82) is 0 Å². The summed E-state index contributed by atoms with van der Waals surface area (Å²) in [4.78, 5) is 32.2. The lowest BCUT2D eigenvalue weighted by atomic mass is 10.1. The summed E-state index contributed by atoms with van der Waals surface area (Å²) in [5.74, 6) is -3.87.